The number of benzene rings is 1. The Hall–Kier alpha value is -3.28. The molecule has 1 aliphatic heterocycles. The van der Waals surface area contributed by atoms with Crippen molar-refractivity contribution < 1.29 is 23.2 Å². The summed E-state index contributed by atoms with van der Waals surface area (Å²) in [6, 6.07) is 12.0. The molecule has 0 bridgehead atoms. The summed E-state index contributed by atoms with van der Waals surface area (Å²) >= 11 is 0. The number of ether oxygens (including phenoxy) is 1. The third-order valence-corrected chi connectivity index (χ3v) is 4.87. The van der Waals surface area contributed by atoms with E-state index in [1.807, 2.05) is 31.2 Å². The summed E-state index contributed by atoms with van der Waals surface area (Å²) in [6.07, 6.45) is 3.28. The van der Waals surface area contributed by atoms with Gasteiger partial charge in [0.05, 0.1) is 31.2 Å². The van der Waals surface area contributed by atoms with Crippen LogP contribution >= 0.6 is 0 Å². The molecule has 1 aliphatic rings. The number of anilines is 1. The molecule has 27 heavy (non-hydrogen) atoms. The highest BCUT2D eigenvalue weighted by atomic mass is 16.5. The maximum absolute atomic E-state index is 13.0. The molecule has 6 nitrogen and oxygen atoms in total. The lowest BCUT2D eigenvalue weighted by atomic mass is 9.96. The zero-order valence-electron chi connectivity index (χ0n) is 15.0. The number of amides is 1. The van der Waals surface area contributed by atoms with Crippen molar-refractivity contribution in [1.82, 2.24) is 0 Å². The van der Waals surface area contributed by atoms with Gasteiger partial charge in [0.2, 0.25) is 5.91 Å². The van der Waals surface area contributed by atoms with Gasteiger partial charge < -0.3 is 13.6 Å². The van der Waals surface area contributed by atoms with Crippen LogP contribution in [0.2, 0.25) is 0 Å². The van der Waals surface area contributed by atoms with Crippen molar-refractivity contribution in [1.29, 1.82) is 0 Å². The van der Waals surface area contributed by atoms with Crippen LogP contribution in [0.25, 0.3) is 11.3 Å². The van der Waals surface area contributed by atoms with Crippen LogP contribution in [0.4, 0.5) is 5.69 Å². The van der Waals surface area contributed by atoms with E-state index in [-0.39, 0.29) is 12.3 Å². The van der Waals surface area contributed by atoms with Gasteiger partial charge in [0.15, 0.2) is 0 Å². The lowest BCUT2D eigenvalue weighted by molar-refractivity contribution is -0.142. The van der Waals surface area contributed by atoms with Gasteiger partial charge in [-0.1, -0.05) is 11.6 Å². The molecule has 3 heterocycles. The average Bonchev–Trinajstić information content (AvgIpc) is 3.41. The Morgan fingerprint density at radius 1 is 1.15 bits per heavy atom. The molecule has 0 saturated carbocycles. The first-order valence-electron chi connectivity index (χ1n) is 8.68. The molecule has 0 N–H and O–H groups in total. The fourth-order valence-electron chi connectivity index (χ4n) is 3.66. The van der Waals surface area contributed by atoms with Gasteiger partial charge in [0, 0.05) is 12.0 Å². The quantitative estimate of drug-likeness (QED) is 0.656. The first-order chi connectivity index (χ1) is 13.1. The van der Waals surface area contributed by atoms with E-state index in [0.717, 1.165) is 11.1 Å². The summed E-state index contributed by atoms with van der Waals surface area (Å²) in [4.78, 5) is 27.1. The molecule has 2 aromatic heterocycles. The molecule has 1 saturated heterocycles. The van der Waals surface area contributed by atoms with Crippen LogP contribution in [-0.4, -0.2) is 25.0 Å². The number of hydrogen-bond donors (Lipinski definition) is 0. The van der Waals surface area contributed by atoms with Crippen molar-refractivity contribution in [2.24, 2.45) is 0 Å². The minimum Gasteiger partial charge on any atom is -0.469 e. The normalized spacial score (nSPS) is 19.5. The van der Waals surface area contributed by atoms with Gasteiger partial charge in [-0.15, -0.1) is 0 Å². The molecule has 4 rings (SSSR count). The number of furan rings is 2. The van der Waals surface area contributed by atoms with Crippen molar-refractivity contribution in [3.05, 3.63) is 66.3 Å². The maximum Gasteiger partial charge on any atom is 0.329 e. The van der Waals surface area contributed by atoms with Crippen LogP contribution < -0.4 is 4.90 Å². The van der Waals surface area contributed by atoms with Gasteiger partial charge in [0.25, 0.3) is 0 Å². The minimum absolute atomic E-state index is 0.163. The second-order valence-electron chi connectivity index (χ2n) is 6.56. The minimum atomic E-state index is -0.801. The van der Waals surface area contributed by atoms with Gasteiger partial charge in [-0.2, -0.15) is 0 Å². The van der Waals surface area contributed by atoms with Crippen LogP contribution in [0, 0.1) is 6.92 Å². The number of methoxy groups -OCH3 is 1. The Bertz CT molecular complexity index is 959. The van der Waals surface area contributed by atoms with Crippen LogP contribution in [0.1, 0.15) is 23.7 Å². The molecular weight excluding hydrogens is 346 g/mol. The summed E-state index contributed by atoms with van der Waals surface area (Å²) in [7, 11) is 1.32. The van der Waals surface area contributed by atoms with E-state index in [0.29, 0.717) is 17.2 Å². The Balaban J connectivity index is 1.85. The van der Waals surface area contributed by atoms with Gasteiger partial charge in [-0.25, -0.2) is 4.79 Å². The number of esters is 1. The Labute approximate surface area is 156 Å². The molecule has 2 atom stereocenters. The molecule has 3 aromatic rings. The molecule has 0 unspecified atom stereocenters. The van der Waals surface area contributed by atoms with Crippen molar-refractivity contribution in [2.45, 2.75) is 25.3 Å². The van der Waals surface area contributed by atoms with Crippen molar-refractivity contribution in [3.63, 3.8) is 0 Å². The van der Waals surface area contributed by atoms with Gasteiger partial charge >= 0.3 is 5.97 Å². The standard InChI is InChI=1S/C21H19NO5/c1-13-7-8-16(14(11-13)17-5-3-9-26-17)22-19(23)12-15(18-6-4-10-27-18)20(22)21(24)25-2/h3-11,15,20H,12H2,1-2H3/t15-,20-/m0/s1. The highest BCUT2D eigenvalue weighted by Crippen LogP contribution is 2.42. The molecule has 1 amide bonds. The maximum atomic E-state index is 13.0. The third-order valence-electron chi connectivity index (χ3n) is 4.87. The zero-order valence-corrected chi connectivity index (χ0v) is 15.0. The fraction of sp³-hybridized carbons (Fsp3) is 0.238. The van der Waals surface area contributed by atoms with E-state index in [1.165, 1.54) is 18.3 Å². The zero-order chi connectivity index (χ0) is 19.0. The monoisotopic (exact) mass is 365 g/mol. The largest absolute Gasteiger partial charge is 0.469 e. The molecule has 0 aliphatic carbocycles. The number of carbonyl (C=O) groups is 2. The highest BCUT2D eigenvalue weighted by molar-refractivity contribution is 6.06. The molecule has 1 fully saturated rings. The predicted octanol–water partition coefficient (Wildman–Crippen LogP) is 3.91. The van der Waals surface area contributed by atoms with Gasteiger partial charge in [-0.3, -0.25) is 9.69 Å². The lowest BCUT2D eigenvalue weighted by Crippen LogP contribution is -2.42. The fourth-order valence-corrected chi connectivity index (χ4v) is 3.66. The Kier molecular flexibility index (Phi) is 4.32. The van der Waals surface area contributed by atoms with Crippen molar-refractivity contribution in [3.8, 4) is 11.3 Å². The van der Waals surface area contributed by atoms with Crippen LogP contribution in [0.15, 0.2) is 63.8 Å². The first-order valence-corrected chi connectivity index (χ1v) is 8.68. The number of rotatable bonds is 4. The molecule has 138 valence electrons. The average molecular weight is 365 g/mol. The lowest BCUT2D eigenvalue weighted by Gasteiger charge is -2.27. The number of carbonyl (C=O) groups excluding carboxylic acids is 2. The van der Waals surface area contributed by atoms with E-state index in [1.54, 1.807) is 24.5 Å². The van der Waals surface area contributed by atoms with E-state index < -0.39 is 17.9 Å². The number of nitrogens with zero attached hydrogens (tertiary/aromatic N) is 1. The number of aryl methyl sites for hydroxylation is 1. The van der Waals surface area contributed by atoms with Crippen LogP contribution in [0.5, 0.6) is 0 Å². The third kappa shape index (κ3) is 2.93. The second kappa shape index (κ2) is 6.79. The van der Waals surface area contributed by atoms with E-state index in [2.05, 4.69) is 0 Å². The summed E-state index contributed by atoms with van der Waals surface area (Å²) in [5, 5.41) is 0. The van der Waals surface area contributed by atoms with Crippen molar-refractivity contribution >= 4 is 17.6 Å². The second-order valence-corrected chi connectivity index (χ2v) is 6.56. The Morgan fingerprint density at radius 3 is 2.59 bits per heavy atom. The summed E-state index contributed by atoms with van der Waals surface area (Å²) in [5.74, 6) is 0.168. The SMILES string of the molecule is COC(=O)[C@@H]1[C@H](c2ccco2)CC(=O)N1c1ccc(C)cc1-c1ccco1. The van der Waals surface area contributed by atoms with E-state index in [9.17, 15) is 9.59 Å². The predicted molar refractivity (Wildman–Crippen MR) is 98.2 cm³/mol. The molecular formula is C21H19NO5. The van der Waals surface area contributed by atoms with Crippen LogP contribution in [0.3, 0.4) is 0 Å². The molecule has 1 aromatic carbocycles. The molecule has 6 heteroatoms. The van der Waals surface area contributed by atoms with Gasteiger partial charge in [0.1, 0.15) is 17.6 Å². The topological polar surface area (TPSA) is 72.9 Å². The number of hydrogen-bond acceptors (Lipinski definition) is 5. The molecule has 0 spiro atoms. The molecule has 0 radical (unpaired) electrons. The van der Waals surface area contributed by atoms with Gasteiger partial charge in [-0.05, 0) is 43.3 Å². The Morgan fingerprint density at radius 2 is 1.93 bits per heavy atom. The van der Waals surface area contributed by atoms with Crippen LogP contribution in [-0.2, 0) is 14.3 Å². The highest BCUT2D eigenvalue weighted by Gasteiger charge is 2.48. The smallest absolute Gasteiger partial charge is 0.329 e. The summed E-state index contributed by atoms with van der Waals surface area (Å²) < 4.78 is 16.1. The van der Waals surface area contributed by atoms with E-state index >= 15 is 0 Å². The summed E-state index contributed by atoms with van der Waals surface area (Å²) in [6.45, 7) is 1.96. The van der Waals surface area contributed by atoms with Crippen molar-refractivity contribution in [2.75, 3.05) is 12.0 Å². The van der Waals surface area contributed by atoms with E-state index in [4.69, 9.17) is 13.6 Å². The summed E-state index contributed by atoms with van der Waals surface area (Å²) in [5.41, 5.74) is 2.39. The first kappa shape index (κ1) is 17.1.